The van der Waals surface area contributed by atoms with Crippen LogP contribution in [0.25, 0.3) is 0 Å². The molecule has 0 amide bonds. The molecule has 0 aromatic carbocycles. The zero-order valence-corrected chi connectivity index (χ0v) is 7.52. The van der Waals surface area contributed by atoms with Gasteiger partial charge in [-0.15, -0.1) is 0 Å². The average Bonchev–Trinajstić information content (AvgIpc) is 1.96. The summed E-state index contributed by atoms with van der Waals surface area (Å²) in [6.07, 6.45) is 0. The summed E-state index contributed by atoms with van der Waals surface area (Å²) in [7, 11) is 0. The number of amidine groups is 1. The second kappa shape index (κ2) is 5.25. The number of carboxylic acids is 1. The standard InChI is InChI=1S/C5H11N5O2S/c6-4(7)10-2(3(11)12)1-13-5(8)9/h2H,1H2,(H3,8,9)(H,11,12)(H4,6,7,10)/t2-/m0/s1. The van der Waals surface area contributed by atoms with Crippen LogP contribution >= 0.6 is 11.8 Å². The summed E-state index contributed by atoms with van der Waals surface area (Å²) < 4.78 is 0. The Hall–Kier alpha value is -1.44. The van der Waals surface area contributed by atoms with Crippen LogP contribution in [0.3, 0.4) is 0 Å². The first kappa shape index (κ1) is 11.6. The van der Waals surface area contributed by atoms with Crippen LogP contribution in [0.4, 0.5) is 0 Å². The highest BCUT2D eigenvalue weighted by Gasteiger charge is 2.17. The molecule has 0 aromatic heterocycles. The number of aliphatic carboxylic acids is 1. The Bertz CT molecular complexity index is 231. The second-order valence-corrected chi connectivity index (χ2v) is 3.19. The zero-order chi connectivity index (χ0) is 10.4. The van der Waals surface area contributed by atoms with Crippen molar-refractivity contribution in [3.63, 3.8) is 0 Å². The van der Waals surface area contributed by atoms with Gasteiger partial charge in [-0.2, -0.15) is 0 Å². The molecule has 0 saturated carbocycles. The Morgan fingerprint density at radius 3 is 2.38 bits per heavy atom. The van der Waals surface area contributed by atoms with Gasteiger partial charge in [0.25, 0.3) is 0 Å². The maximum Gasteiger partial charge on any atom is 0.327 e. The van der Waals surface area contributed by atoms with Gasteiger partial charge in [-0.1, -0.05) is 11.8 Å². The molecule has 8 heteroatoms. The highest BCUT2D eigenvalue weighted by molar-refractivity contribution is 8.13. The van der Waals surface area contributed by atoms with Crippen molar-refractivity contribution in [3.05, 3.63) is 0 Å². The molecule has 0 heterocycles. The number of carbonyl (C=O) groups is 1. The molecule has 8 N–H and O–H groups in total. The Balaban J connectivity index is 4.02. The van der Waals surface area contributed by atoms with Gasteiger partial charge in [0.15, 0.2) is 11.1 Å². The van der Waals surface area contributed by atoms with Gasteiger partial charge in [0.05, 0.1) is 0 Å². The van der Waals surface area contributed by atoms with Crippen LogP contribution in [0, 0.1) is 10.8 Å². The van der Waals surface area contributed by atoms with E-state index in [1.54, 1.807) is 0 Å². The van der Waals surface area contributed by atoms with Gasteiger partial charge in [-0.25, -0.2) is 4.79 Å². The van der Waals surface area contributed by atoms with Gasteiger partial charge >= 0.3 is 5.97 Å². The van der Waals surface area contributed by atoms with Gasteiger partial charge in [0.1, 0.15) is 6.04 Å². The Kier molecular flexibility index (Phi) is 4.67. The fraction of sp³-hybridized carbons (Fsp3) is 0.400. The second-order valence-electron chi connectivity index (χ2n) is 2.12. The van der Waals surface area contributed by atoms with Crippen molar-refractivity contribution in [2.24, 2.45) is 11.5 Å². The molecular weight excluding hydrogens is 194 g/mol. The van der Waals surface area contributed by atoms with E-state index in [-0.39, 0.29) is 10.9 Å². The van der Waals surface area contributed by atoms with Gasteiger partial charge in [-0.3, -0.25) is 10.8 Å². The summed E-state index contributed by atoms with van der Waals surface area (Å²) in [6, 6.07) is -0.994. The fourth-order valence-electron chi connectivity index (χ4n) is 0.536. The van der Waals surface area contributed by atoms with Crippen LogP contribution in [0.15, 0.2) is 0 Å². The van der Waals surface area contributed by atoms with Crippen LogP contribution in [-0.2, 0) is 4.79 Å². The molecule has 0 aliphatic heterocycles. The molecule has 0 saturated heterocycles. The molecule has 0 spiro atoms. The molecule has 7 nitrogen and oxygen atoms in total. The average molecular weight is 205 g/mol. The predicted octanol–water partition coefficient (Wildman–Crippen LogP) is -1.45. The van der Waals surface area contributed by atoms with Crippen molar-refractivity contribution in [2.75, 3.05) is 5.75 Å². The molecule has 0 unspecified atom stereocenters. The summed E-state index contributed by atoms with van der Waals surface area (Å²) >= 11 is 0.875. The van der Waals surface area contributed by atoms with E-state index >= 15 is 0 Å². The minimum absolute atomic E-state index is 0.0598. The number of guanidine groups is 1. The molecule has 13 heavy (non-hydrogen) atoms. The maximum absolute atomic E-state index is 10.5. The van der Waals surface area contributed by atoms with Crippen LogP contribution in [0.1, 0.15) is 0 Å². The summed E-state index contributed by atoms with van der Waals surface area (Å²) in [6.45, 7) is 0. The van der Waals surface area contributed by atoms with E-state index < -0.39 is 18.0 Å². The zero-order valence-electron chi connectivity index (χ0n) is 6.70. The van der Waals surface area contributed by atoms with E-state index in [9.17, 15) is 4.79 Å². The summed E-state index contributed by atoms with van der Waals surface area (Å²) in [5.41, 5.74) is 9.96. The number of carboxylic acid groups (broad SMARTS) is 1. The Morgan fingerprint density at radius 1 is 1.54 bits per heavy atom. The van der Waals surface area contributed by atoms with Crippen molar-refractivity contribution < 1.29 is 9.90 Å². The first-order valence-corrected chi connectivity index (χ1v) is 4.22. The number of thioether (sulfide) groups is 1. The smallest absolute Gasteiger partial charge is 0.327 e. The molecule has 0 rings (SSSR count). The SMILES string of the molecule is N=C(N)N[C@@H](CSC(=N)N)C(=O)O. The molecule has 0 aliphatic rings. The number of hydrogen-bond donors (Lipinski definition) is 6. The lowest BCUT2D eigenvalue weighted by molar-refractivity contribution is -0.138. The summed E-state index contributed by atoms with van der Waals surface area (Å²) in [5, 5.41) is 24.3. The topological polar surface area (TPSA) is 149 Å². The summed E-state index contributed by atoms with van der Waals surface area (Å²) in [4.78, 5) is 10.5. The highest BCUT2D eigenvalue weighted by Crippen LogP contribution is 2.01. The Labute approximate surface area is 78.9 Å². The largest absolute Gasteiger partial charge is 0.480 e. The quantitative estimate of drug-likeness (QED) is 0.244. The van der Waals surface area contributed by atoms with Crippen molar-refractivity contribution in [3.8, 4) is 0 Å². The van der Waals surface area contributed by atoms with Crippen LogP contribution < -0.4 is 16.8 Å². The van der Waals surface area contributed by atoms with Gasteiger partial charge in [0, 0.05) is 5.75 Å². The molecule has 74 valence electrons. The van der Waals surface area contributed by atoms with Crippen LogP contribution in [-0.4, -0.2) is 34.0 Å². The van der Waals surface area contributed by atoms with Gasteiger partial charge in [-0.05, 0) is 0 Å². The Morgan fingerprint density at radius 2 is 2.08 bits per heavy atom. The minimum atomic E-state index is -1.14. The lowest BCUT2D eigenvalue weighted by atomic mass is 10.3. The normalized spacial score (nSPS) is 11.7. The third-order valence-electron chi connectivity index (χ3n) is 1.03. The number of rotatable bonds is 4. The maximum atomic E-state index is 10.5. The van der Waals surface area contributed by atoms with Crippen molar-refractivity contribution in [1.82, 2.24) is 5.32 Å². The number of nitrogens with one attached hydrogen (secondary N) is 3. The molecule has 1 atom stereocenters. The van der Waals surface area contributed by atoms with E-state index in [1.807, 2.05) is 0 Å². The molecular formula is C5H11N5O2S. The molecule has 0 aliphatic carbocycles. The number of hydrogen-bond acceptors (Lipinski definition) is 4. The molecule has 0 aromatic rings. The molecule has 0 bridgehead atoms. The van der Waals surface area contributed by atoms with Gasteiger partial charge in [0.2, 0.25) is 0 Å². The highest BCUT2D eigenvalue weighted by atomic mass is 32.2. The van der Waals surface area contributed by atoms with Crippen LogP contribution in [0.2, 0.25) is 0 Å². The third-order valence-corrected chi connectivity index (χ3v) is 1.84. The van der Waals surface area contributed by atoms with Gasteiger partial charge < -0.3 is 21.9 Å². The minimum Gasteiger partial charge on any atom is -0.480 e. The predicted molar refractivity (Wildman–Crippen MR) is 50.8 cm³/mol. The number of nitrogens with two attached hydrogens (primary N) is 2. The van der Waals surface area contributed by atoms with Crippen molar-refractivity contribution in [2.45, 2.75) is 6.04 Å². The van der Waals surface area contributed by atoms with E-state index in [0.29, 0.717) is 0 Å². The monoisotopic (exact) mass is 205 g/mol. The lowest BCUT2D eigenvalue weighted by Gasteiger charge is -2.12. The first-order valence-electron chi connectivity index (χ1n) is 3.23. The molecule has 0 radical (unpaired) electrons. The van der Waals surface area contributed by atoms with E-state index in [2.05, 4.69) is 5.32 Å². The van der Waals surface area contributed by atoms with E-state index in [1.165, 1.54) is 0 Å². The van der Waals surface area contributed by atoms with E-state index in [0.717, 1.165) is 11.8 Å². The van der Waals surface area contributed by atoms with E-state index in [4.69, 9.17) is 27.4 Å². The third kappa shape index (κ3) is 5.79. The first-order chi connectivity index (χ1) is 5.93. The molecule has 0 fully saturated rings. The van der Waals surface area contributed by atoms with Crippen molar-refractivity contribution >= 4 is 28.9 Å². The van der Waals surface area contributed by atoms with Crippen LogP contribution in [0.5, 0.6) is 0 Å². The summed E-state index contributed by atoms with van der Waals surface area (Å²) in [5.74, 6) is -1.50. The lowest BCUT2D eigenvalue weighted by Crippen LogP contribution is -2.45. The van der Waals surface area contributed by atoms with Crippen molar-refractivity contribution in [1.29, 1.82) is 10.8 Å². The fourth-order valence-corrected chi connectivity index (χ4v) is 1.11.